The number of hydrogen-bond donors (Lipinski definition) is 0. The van der Waals surface area contributed by atoms with Crippen LogP contribution < -0.4 is 0 Å². The summed E-state index contributed by atoms with van der Waals surface area (Å²) in [6, 6.07) is 0. The Balaban J connectivity index is 2.01. The van der Waals surface area contributed by atoms with E-state index in [-0.39, 0.29) is 6.29 Å². The third kappa shape index (κ3) is 0.644. The molecule has 1 aliphatic heterocycles. The van der Waals surface area contributed by atoms with Crippen LogP contribution in [0, 0.1) is 0 Å². The molecule has 0 N–H and O–H groups in total. The molecule has 0 spiro atoms. The lowest BCUT2D eigenvalue weighted by molar-refractivity contribution is -0.309. The summed E-state index contributed by atoms with van der Waals surface area (Å²) in [5.41, 5.74) is 0. The first-order chi connectivity index (χ1) is 2.93. The van der Waals surface area contributed by atoms with Crippen molar-refractivity contribution in [2.75, 3.05) is 12.7 Å². The summed E-state index contributed by atoms with van der Waals surface area (Å²) in [6.07, 6.45) is -0.119. The van der Waals surface area contributed by atoms with Gasteiger partial charge in [-0.05, 0) is 0 Å². The molecule has 0 bridgehead atoms. The second-order valence-corrected chi connectivity index (χ2v) is 1.34. The molecule has 1 aliphatic rings. The van der Waals surface area contributed by atoms with Crippen LogP contribution in [0.3, 0.4) is 0 Å². The van der Waals surface area contributed by atoms with E-state index in [0.29, 0.717) is 12.7 Å². The molecule has 3 heteroatoms. The van der Waals surface area contributed by atoms with Crippen LogP contribution in [0.25, 0.3) is 0 Å². The van der Waals surface area contributed by atoms with Crippen LogP contribution in [0.5, 0.6) is 0 Å². The van der Waals surface area contributed by atoms with Crippen molar-refractivity contribution in [2.45, 2.75) is 6.29 Å². The first-order valence-corrected chi connectivity index (χ1v) is 2.26. The molecule has 0 amide bonds. The Bertz CT molecular complexity index is 41.3. The summed E-state index contributed by atoms with van der Waals surface area (Å²) in [5, 5.41) is 0. The van der Waals surface area contributed by atoms with Gasteiger partial charge in [0.15, 0.2) is 13.1 Å². The predicted molar refractivity (Wildman–Crippen MR) is 21.5 cm³/mol. The molecule has 0 aromatic rings. The highest BCUT2D eigenvalue weighted by molar-refractivity contribution is 6.18. The average Bonchev–Trinajstić information content (AvgIpc) is 1.31. The Hall–Kier alpha value is 0.210. The second-order valence-electron chi connectivity index (χ2n) is 1.04. The molecule has 0 atom stereocenters. The number of ether oxygens (including phenoxy) is 2. The summed E-state index contributed by atoms with van der Waals surface area (Å²) in [4.78, 5) is 0. The highest BCUT2D eigenvalue weighted by Gasteiger charge is 2.15. The van der Waals surface area contributed by atoms with Crippen molar-refractivity contribution in [3.05, 3.63) is 0 Å². The van der Waals surface area contributed by atoms with E-state index in [0.717, 1.165) is 0 Å². The van der Waals surface area contributed by atoms with E-state index in [1.807, 2.05) is 0 Å². The van der Waals surface area contributed by atoms with Crippen molar-refractivity contribution in [2.24, 2.45) is 0 Å². The van der Waals surface area contributed by atoms with Crippen LogP contribution in [0.2, 0.25) is 0 Å². The Kier molecular flexibility index (Phi) is 1.29. The molecule has 0 aliphatic carbocycles. The molecule has 36 valence electrons. The maximum atomic E-state index is 5.25. The van der Waals surface area contributed by atoms with Gasteiger partial charge in [-0.1, -0.05) is 0 Å². The van der Waals surface area contributed by atoms with E-state index in [1.165, 1.54) is 0 Å². The third-order valence-electron chi connectivity index (χ3n) is 0.634. The van der Waals surface area contributed by atoms with Crippen molar-refractivity contribution >= 4 is 11.6 Å². The van der Waals surface area contributed by atoms with E-state index in [1.54, 1.807) is 0 Å². The number of alkyl halides is 1. The van der Waals surface area contributed by atoms with E-state index in [4.69, 9.17) is 21.1 Å². The van der Waals surface area contributed by atoms with Gasteiger partial charge < -0.3 is 9.47 Å². The predicted octanol–water partition coefficient (Wildman–Crippen LogP) is 0.556. The first-order valence-electron chi connectivity index (χ1n) is 1.72. The molecule has 0 unspecified atom stereocenters. The van der Waals surface area contributed by atoms with E-state index < -0.39 is 0 Å². The largest absolute Gasteiger partial charge is 0.325 e. The van der Waals surface area contributed by atoms with Gasteiger partial charge in [-0.3, -0.25) is 0 Å². The summed E-state index contributed by atoms with van der Waals surface area (Å²) in [6.45, 7) is 0.414. The Morgan fingerprint density at radius 3 is 2.33 bits per heavy atom. The summed E-state index contributed by atoms with van der Waals surface area (Å²) in [5.74, 6) is 0.444. The molecule has 0 radical (unpaired) electrons. The number of rotatable bonds is 1. The molecule has 6 heavy (non-hydrogen) atoms. The minimum absolute atomic E-state index is 0.119. The molecule has 0 saturated carbocycles. The van der Waals surface area contributed by atoms with Gasteiger partial charge in [0, 0.05) is 0 Å². The lowest BCUT2D eigenvalue weighted by Crippen LogP contribution is -2.31. The summed E-state index contributed by atoms with van der Waals surface area (Å²) < 4.78 is 9.45. The topological polar surface area (TPSA) is 18.5 Å². The summed E-state index contributed by atoms with van der Waals surface area (Å²) in [7, 11) is 0. The van der Waals surface area contributed by atoms with E-state index in [9.17, 15) is 0 Å². The van der Waals surface area contributed by atoms with Crippen molar-refractivity contribution in [3.8, 4) is 0 Å². The molecule has 2 nitrogen and oxygen atoms in total. The van der Waals surface area contributed by atoms with Gasteiger partial charge in [-0.25, -0.2) is 0 Å². The normalized spacial score (nSPS) is 23.5. The molecule has 0 aromatic heterocycles. The fourth-order valence-electron chi connectivity index (χ4n) is 0.253. The number of hydrogen-bond acceptors (Lipinski definition) is 2. The van der Waals surface area contributed by atoms with Crippen molar-refractivity contribution in [1.29, 1.82) is 0 Å². The molecule has 1 fully saturated rings. The summed E-state index contributed by atoms with van der Waals surface area (Å²) >= 11 is 5.25. The highest BCUT2D eigenvalue weighted by Crippen LogP contribution is 2.06. The maximum Gasteiger partial charge on any atom is 0.176 e. The van der Waals surface area contributed by atoms with Crippen molar-refractivity contribution in [1.82, 2.24) is 0 Å². The Labute approximate surface area is 41.0 Å². The van der Waals surface area contributed by atoms with Crippen molar-refractivity contribution in [3.63, 3.8) is 0 Å². The van der Waals surface area contributed by atoms with Gasteiger partial charge in [0.2, 0.25) is 0 Å². The lowest BCUT2D eigenvalue weighted by atomic mass is 10.7. The SMILES string of the molecule is ClCC1OCO1. The van der Waals surface area contributed by atoms with Crippen molar-refractivity contribution < 1.29 is 9.47 Å². The minimum Gasteiger partial charge on any atom is -0.325 e. The number of halogens is 1. The lowest BCUT2D eigenvalue weighted by Gasteiger charge is -2.23. The van der Waals surface area contributed by atoms with Gasteiger partial charge in [-0.2, -0.15) is 0 Å². The smallest absolute Gasteiger partial charge is 0.176 e. The Morgan fingerprint density at radius 1 is 1.67 bits per heavy atom. The van der Waals surface area contributed by atoms with Gasteiger partial charge in [0.25, 0.3) is 0 Å². The van der Waals surface area contributed by atoms with E-state index in [2.05, 4.69) is 0 Å². The zero-order chi connectivity index (χ0) is 4.41. The Morgan fingerprint density at radius 2 is 2.33 bits per heavy atom. The molecule has 1 heterocycles. The third-order valence-corrected chi connectivity index (χ3v) is 0.886. The standard InChI is InChI=1S/C3H5ClO2/c4-1-3-5-2-6-3/h3H,1-2H2. The van der Waals surface area contributed by atoms with Gasteiger partial charge >= 0.3 is 0 Å². The minimum atomic E-state index is -0.119. The van der Waals surface area contributed by atoms with Crippen LogP contribution in [-0.4, -0.2) is 19.0 Å². The fourth-order valence-corrected chi connectivity index (χ4v) is 0.432. The van der Waals surface area contributed by atoms with Gasteiger partial charge in [0.05, 0.1) is 5.88 Å². The average molecular weight is 109 g/mol. The van der Waals surface area contributed by atoms with E-state index >= 15 is 0 Å². The molecular formula is C3H5ClO2. The highest BCUT2D eigenvalue weighted by atomic mass is 35.5. The first kappa shape index (κ1) is 4.37. The zero-order valence-electron chi connectivity index (χ0n) is 3.19. The quantitative estimate of drug-likeness (QED) is 0.457. The molecular weight excluding hydrogens is 103 g/mol. The molecule has 1 saturated heterocycles. The second kappa shape index (κ2) is 1.78. The molecule has 1 rings (SSSR count). The van der Waals surface area contributed by atoms with Crippen LogP contribution in [-0.2, 0) is 9.47 Å². The zero-order valence-corrected chi connectivity index (χ0v) is 3.94. The fraction of sp³-hybridized carbons (Fsp3) is 1.00. The van der Waals surface area contributed by atoms with Crippen LogP contribution in [0.4, 0.5) is 0 Å². The maximum absolute atomic E-state index is 5.25. The van der Waals surface area contributed by atoms with Gasteiger partial charge in [0.1, 0.15) is 0 Å². The van der Waals surface area contributed by atoms with Gasteiger partial charge in [-0.15, -0.1) is 11.6 Å². The van der Waals surface area contributed by atoms with Crippen LogP contribution in [0.1, 0.15) is 0 Å². The molecule has 0 aromatic carbocycles. The monoisotopic (exact) mass is 108 g/mol. The van der Waals surface area contributed by atoms with Crippen LogP contribution >= 0.6 is 11.6 Å². The van der Waals surface area contributed by atoms with Crippen LogP contribution in [0.15, 0.2) is 0 Å².